The smallest absolute Gasteiger partial charge is 0.0898 e. The van der Waals surface area contributed by atoms with Crippen LogP contribution >= 0.6 is 23.2 Å². The van der Waals surface area contributed by atoms with Gasteiger partial charge in [-0.3, -0.25) is 0 Å². The lowest BCUT2D eigenvalue weighted by Gasteiger charge is -2.23. The minimum Gasteiger partial charge on any atom is -0.389 e. The first-order chi connectivity index (χ1) is 9.19. The van der Waals surface area contributed by atoms with E-state index in [1.165, 1.54) is 0 Å². The Balaban J connectivity index is 2.44. The molecule has 0 aliphatic carbocycles. The van der Waals surface area contributed by atoms with Crippen molar-refractivity contribution in [3.63, 3.8) is 0 Å². The summed E-state index contributed by atoms with van der Waals surface area (Å²) in [4.78, 5) is 0. The van der Waals surface area contributed by atoms with E-state index in [9.17, 15) is 5.11 Å². The Morgan fingerprint density at radius 3 is 2.50 bits per heavy atom. The maximum Gasteiger partial charge on any atom is 0.0898 e. The maximum absolute atomic E-state index is 9.88. The lowest BCUT2D eigenvalue weighted by molar-refractivity contribution is -0.0482. The number of benzene rings is 1. The van der Waals surface area contributed by atoms with Gasteiger partial charge in [0.25, 0.3) is 0 Å². The van der Waals surface area contributed by atoms with Crippen LogP contribution in [0.25, 0.3) is 0 Å². The maximum atomic E-state index is 9.88. The Kier molecular flexibility index (Phi) is 6.76. The molecule has 0 fully saturated rings. The molecule has 2 atom stereocenters. The molecule has 20 heavy (non-hydrogen) atoms. The van der Waals surface area contributed by atoms with Gasteiger partial charge in [0, 0.05) is 22.6 Å². The monoisotopic (exact) mass is 319 g/mol. The van der Waals surface area contributed by atoms with Crippen molar-refractivity contribution in [3.05, 3.63) is 33.8 Å². The molecule has 0 aliphatic rings. The van der Waals surface area contributed by atoms with E-state index >= 15 is 0 Å². The van der Waals surface area contributed by atoms with E-state index in [1.54, 1.807) is 12.1 Å². The number of halogens is 2. The first-order valence-corrected chi connectivity index (χ1v) is 7.45. The molecule has 0 spiro atoms. The molecule has 0 heterocycles. The Morgan fingerprint density at radius 2 is 1.95 bits per heavy atom. The van der Waals surface area contributed by atoms with Gasteiger partial charge in [-0.25, -0.2) is 0 Å². The summed E-state index contributed by atoms with van der Waals surface area (Å²) in [6.45, 7) is 8.62. The van der Waals surface area contributed by atoms with E-state index < -0.39 is 6.10 Å². The number of aliphatic hydroxyl groups is 1. The summed E-state index contributed by atoms with van der Waals surface area (Å²) in [6, 6.07) is 5.44. The van der Waals surface area contributed by atoms with Crippen molar-refractivity contribution >= 4 is 23.2 Å². The quantitative estimate of drug-likeness (QED) is 0.837. The third-order valence-electron chi connectivity index (χ3n) is 2.80. The van der Waals surface area contributed by atoms with Crippen LogP contribution in [0.1, 0.15) is 39.3 Å². The van der Waals surface area contributed by atoms with Gasteiger partial charge in [0.2, 0.25) is 0 Å². The van der Waals surface area contributed by atoms with E-state index in [1.807, 2.05) is 33.8 Å². The molecular formula is C15H23Cl2NO2. The normalized spacial score (nSPS) is 15.2. The van der Waals surface area contributed by atoms with Crippen LogP contribution in [0, 0.1) is 0 Å². The van der Waals surface area contributed by atoms with Crippen molar-refractivity contribution in [1.29, 1.82) is 0 Å². The first kappa shape index (κ1) is 17.7. The van der Waals surface area contributed by atoms with Crippen LogP contribution in [0.4, 0.5) is 0 Å². The van der Waals surface area contributed by atoms with Crippen molar-refractivity contribution in [2.75, 3.05) is 13.2 Å². The molecule has 0 aliphatic heterocycles. The minimum absolute atomic E-state index is 0.0315. The Morgan fingerprint density at radius 1 is 1.30 bits per heavy atom. The molecule has 5 heteroatoms. The molecule has 3 nitrogen and oxygen atoms in total. The van der Waals surface area contributed by atoms with Gasteiger partial charge in [-0.05, 0) is 45.4 Å². The minimum atomic E-state index is -0.553. The van der Waals surface area contributed by atoms with Gasteiger partial charge in [0.1, 0.15) is 0 Å². The zero-order valence-electron chi connectivity index (χ0n) is 12.4. The summed E-state index contributed by atoms with van der Waals surface area (Å²) in [5, 5.41) is 14.4. The summed E-state index contributed by atoms with van der Waals surface area (Å²) < 4.78 is 5.54. The van der Waals surface area contributed by atoms with Gasteiger partial charge in [0.05, 0.1) is 18.3 Å². The van der Waals surface area contributed by atoms with Gasteiger partial charge >= 0.3 is 0 Å². The fourth-order valence-corrected chi connectivity index (χ4v) is 2.25. The van der Waals surface area contributed by atoms with Crippen LogP contribution in [-0.4, -0.2) is 30.0 Å². The number of rotatable bonds is 6. The van der Waals surface area contributed by atoms with Gasteiger partial charge in [0.15, 0.2) is 0 Å². The van der Waals surface area contributed by atoms with Gasteiger partial charge in [-0.2, -0.15) is 0 Å². The summed E-state index contributed by atoms with van der Waals surface area (Å²) in [5.41, 5.74) is 0.714. The van der Waals surface area contributed by atoms with Crippen molar-refractivity contribution in [1.82, 2.24) is 5.32 Å². The summed E-state index contributed by atoms with van der Waals surface area (Å²) >= 11 is 12.0. The van der Waals surface area contributed by atoms with Crippen LogP contribution in [0.3, 0.4) is 0 Å². The summed E-state index contributed by atoms with van der Waals surface area (Å²) in [7, 11) is 0. The second-order valence-electron chi connectivity index (χ2n) is 5.87. The molecule has 1 rings (SSSR count). The lowest BCUT2D eigenvalue weighted by Crippen LogP contribution is -2.34. The second-order valence-corrected chi connectivity index (χ2v) is 6.72. The van der Waals surface area contributed by atoms with Crippen LogP contribution in [0.15, 0.2) is 18.2 Å². The van der Waals surface area contributed by atoms with Crippen molar-refractivity contribution in [3.8, 4) is 0 Å². The Bertz CT molecular complexity index is 432. The number of hydrogen-bond donors (Lipinski definition) is 2. The van der Waals surface area contributed by atoms with Gasteiger partial charge in [-0.15, -0.1) is 0 Å². The molecule has 1 aromatic carbocycles. The number of ether oxygens (including phenoxy) is 1. The molecule has 2 unspecified atom stereocenters. The van der Waals surface area contributed by atoms with Crippen LogP contribution < -0.4 is 5.32 Å². The highest BCUT2D eigenvalue weighted by Crippen LogP contribution is 2.25. The molecule has 114 valence electrons. The number of aliphatic hydroxyl groups excluding tert-OH is 1. The largest absolute Gasteiger partial charge is 0.389 e. The van der Waals surface area contributed by atoms with Crippen molar-refractivity contribution in [2.45, 2.75) is 45.4 Å². The summed E-state index contributed by atoms with van der Waals surface area (Å²) in [5.74, 6) is 0. The van der Waals surface area contributed by atoms with E-state index in [-0.39, 0.29) is 11.6 Å². The highest BCUT2D eigenvalue weighted by Gasteiger charge is 2.15. The van der Waals surface area contributed by atoms with Crippen LogP contribution in [0.2, 0.25) is 10.0 Å². The Hall–Kier alpha value is -0.320. The molecule has 2 N–H and O–H groups in total. The SMILES string of the molecule is CC(NCC(O)COC(C)(C)C)c1ccc(Cl)cc1Cl. The molecular weight excluding hydrogens is 297 g/mol. The average Bonchev–Trinajstić information content (AvgIpc) is 2.32. The molecule has 0 radical (unpaired) electrons. The van der Waals surface area contributed by atoms with Gasteiger partial charge in [-0.1, -0.05) is 29.3 Å². The Labute approximate surface area is 131 Å². The van der Waals surface area contributed by atoms with Crippen molar-refractivity contribution < 1.29 is 9.84 Å². The van der Waals surface area contributed by atoms with E-state index in [0.29, 0.717) is 23.2 Å². The van der Waals surface area contributed by atoms with Crippen molar-refractivity contribution in [2.24, 2.45) is 0 Å². The second kappa shape index (κ2) is 7.62. The zero-order valence-corrected chi connectivity index (χ0v) is 13.9. The zero-order chi connectivity index (χ0) is 15.3. The third kappa shape index (κ3) is 6.42. The molecule has 1 aromatic rings. The molecule has 0 amide bonds. The van der Waals surface area contributed by atoms with Gasteiger partial charge < -0.3 is 15.2 Å². The van der Waals surface area contributed by atoms with Crippen LogP contribution in [0.5, 0.6) is 0 Å². The highest BCUT2D eigenvalue weighted by molar-refractivity contribution is 6.35. The fraction of sp³-hybridized carbons (Fsp3) is 0.600. The number of hydrogen-bond acceptors (Lipinski definition) is 3. The molecule has 0 bridgehead atoms. The lowest BCUT2D eigenvalue weighted by atomic mass is 10.1. The van der Waals surface area contributed by atoms with E-state index in [4.69, 9.17) is 27.9 Å². The highest BCUT2D eigenvalue weighted by atomic mass is 35.5. The van der Waals surface area contributed by atoms with E-state index in [0.717, 1.165) is 5.56 Å². The molecule has 0 saturated carbocycles. The topological polar surface area (TPSA) is 41.5 Å². The predicted molar refractivity (Wildman–Crippen MR) is 84.6 cm³/mol. The number of nitrogens with one attached hydrogen (secondary N) is 1. The summed E-state index contributed by atoms with van der Waals surface area (Å²) in [6.07, 6.45) is -0.553. The van der Waals surface area contributed by atoms with E-state index in [2.05, 4.69) is 5.32 Å². The third-order valence-corrected chi connectivity index (χ3v) is 3.36. The first-order valence-electron chi connectivity index (χ1n) is 6.69. The molecule has 0 saturated heterocycles. The predicted octanol–water partition coefficient (Wildman–Crippen LogP) is 3.82. The standard InChI is InChI=1S/C15H23Cl2NO2/c1-10(13-6-5-11(16)7-14(13)17)18-8-12(19)9-20-15(2,3)4/h5-7,10,12,18-19H,8-9H2,1-4H3. The average molecular weight is 320 g/mol. The van der Waals surface area contributed by atoms with Crippen LogP contribution in [-0.2, 0) is 4.74 Å². The molecule has 0 aromatic heterocycles. The fourth-order valence-electron chi connectivity index (χ4n) is 1.68.